The van der Waals surface area contributed by atoms with Gasteiger partial charge in [0.15, 0.2) is 0 Å². The van der Waals surface area contributed by atoms with Gasteiger partial charge in [0, 0.05) is 25.2 Å². The largest absolute Gasteiger partial charge is 0.341 e. The van der Waals surface area contributed by atoms with Gasteiger partial charge in [-0.3, -0.25) is 4.79 Å². The van der Waals surface area contributed by atoms with Crippen LogP contribution in [0.25, 0.3) is 0 Å². The van der Waals surface area contributed by atoms with Crippen LogP contribution in [0.1, 0.15) is 52.9 Å². The Balaban J connectivity index is 0.00000288. The molecule has 8 heteroatoms. The number of rotatable bonds is 4. The normalized spacial score (nSPS) is 30.5. The topological polar surface area (TPSA) is 92.5 Å². The van der Waals surface area contributed by atoms with Crippen molar-refractivity contribution in [3.63, 3.8) is 0 Å². The van der Waals surface area contributed by atoms with Crippen molar-refractivity contribution in [1.29, 1.82) is 0 Å². The maximum atomic E-state index is 12.4. The number of hydrogen-bond acceptors (Lipinski definition) is 4. The minimum Gasteiger partial charge on any atom is -0.341 e. The Labute approximate surface area is 152 Å². The zero-order valence-electron chi connectivity index (χ0n) is 15.0. The van der Waals surface area contributed by atoms with Gasteiger partial charge in [-0.15, -0.1) is 12.4 Å². The van der Waals surface area contributed by atoms with Crippen molar-refractivity contribution in [3.8, 4) is 0 Å². The zero-order valence-corrected chi connectivity index (χ0v) is 16.6. The van der Waals surface area contributed by atoms with Crippen molar-refractivity contribution in [3.05, 3.63) is 0 Å². The molecule has 6 nitrogen and oxygen atoms in total. The number of halogens is 1. The molecule has 2 fully saturated rings. The van der Waals surface area contributed by atoms with E-state index in [0.717, 1.165) is 25.7 Å². The minimum absolute atomic E-state index is 0. The summed E-state index contributed by atoms with van der Waals surface area (Å²) in [5, 5.41) is 0. The number of likely N-dealkylation sites (tertiary alicyclic amines) is 1. The first kappa shape index (κ1) is 21.7. The number of piperidine rings is 1. The summed E-state index contributed by atoms with van der Waals surface area (Å²) in [6.45, 7) is 7.29. The average molecular weight is 382 g/mol. The molecular weight excluding hydrogens is 350 g/mol. The molecule has 2 aliphatic rings. The second-order valence-corrected chi connectivity index (χ2v) is 9.79. The van der Waals surface area contributed by atoms with Crippen LogP contribution in [0.15, 0.2) is 0 Å². The fourth-order valence-corrected chi connectivity index (χ4v) is 4.85. The molecule has 1 saturated carbocycles. The molecule has 0 spiro atoms. The molecule has 142 valence electrons. The van der Waals surface area contributed by atoms with Gasteiger partial charge in [0.25, 0.3) is 0 Å². The van der Waals surface area contributed by atoms with Crippen LogP contribution in [0.2, 0.25) is 0 Å². The van der Waals surface area contributed by atoms with E-state index in [2.05, 4.69) is 11.6 Å². The fourth-order valence-electron chi connectivity index (χ4n) is 3.51. The number of nitrogens with zero attached hydrogens (tertiary/aromatic N) is 1. The first-order valence-electron chi connectivity index (χ1n) is 8.62. The lowest BCUT2D eigenvalue weighted by molar-refractivity contribution is -0.131. The van der Waals surface area contributed by atoms with E-state index in [9.17, 15) is 13.2 Å². The summed E-state index contributed by atoms with van der Waals surface area (Å²) >= 11 is 0. The van der Waals surface area contributed by atoms with E-state index in [0.29, 0.717) is 25.4 Å². The van der Waals surface area contributed by atoms with Gasteiger partial charge in [-0.25, -0.2) is 13.1 Å². The lowest BCUT2D eigenvalue weighted by atomic mass is 9.80. The van der Waals surface area contributed by atoms with Crippen LogP contribution < -0.4 is 10.5 Å². The minimum atomic E-state index is -3.57. The molecule has 1 amide bonds. The van der Waals surface area contributed by atoms with Crippen LogP contribution in [-0.2, 0) is 14.8 Å². The van der Waals surface area contributed by atoms with Crippen LogP contribution >= 0.6 is 12.4 Å². The van der Waals surface area contributed by atoms with E-state index >= 15 is 0 Å². The predicted octanol–water partition coefficient (Wildman–Crippen LogP) is 1.49. The van der Waals surface area contributed by atoms with Crippen molar-refractivity contribution < 1.29 is 13.2 Å². The first-order chi connectivity index (χ1) is 10.6. The number of carbonyl (C=O) groups is 1. The van der Waals surface area contributed by atoms with Crippen LogP contribution in [0.5, 0.6) is 0 Å². The highest BCUT2D eigenvalue weighted by Gasteiger charge is 2.36. The zero-order chi connectivity index (χ0) is 17.3. The van der Waals surface area contributed by atoms with Gasteiger partial charge < -0.3 is 10.6 Å². The molecule has 1 aliphatic heterocycles. The van der Waals surface area contributed by atoms with E-state index in [4.69, 9.17) is 5.73 Å². The van der Waals surface area contributed by atoms with Gasteiger partial charge in [0.1, 0.15) is 5.75 Å². The van der Waals surface area contributed by atoms with E-state index in [1.807, 2.05) is 13.8 Å². The smallest absolute Gasteiger partial charge is 0.239 e. The molecule has 1 saturated heterocycles. The van der Waals surface area contributed by atoms with Crippen molar-refractivity contribution in [2.75, 3.05) is 18.8 Å². The Morgan fingerprint density at radius 2 is 1.79 bits per heavy atom. The quantitative estimate of drug-likeness (QED) is 0.771. The lowest BCUT2D eigenvalue weighted by Crippen LogP contribution is -2.55. The summed E-state index contributed by atoms with van der Waals surface area (Å²) in [6.07, 6.45) is 4.52. The number of amides is 1. The summed E-state index contributed by atoms with van der Waals surface area (Å²) in [4.78, 5) is 14.0. The van der Waals surface area contributed by atoms with E-state index in [1.54, 1.807) is 4.90 Å². The SMILES string of the molecule is CC1CCC(NS(=O)(=O)CC(=O)N2CCC(N)C(C)(C)C2)CC1.Cl. The molecule has 24 heavy (non-hydrogen) atoms. The fraction of sp³-hybridized carbons (Fsp3) is 0.938. The lowest BCUT2D eigenvalue weighted by Gasteiger charge is -2.42. The van der Waals surface area contributed by atoms with Gasteiger partial charge in [-0.05, 0) is 43.4 Å². The Hall–Kier alpha value is -0.370. The second-order valence-electron chi connectivity index (χ2n) is 8.03. The summed E-state index contributed by atoms with van der Waals surface area (Å²) < 4.78 is 27.3. The standard InChI is InChI=1S/C16H31N3O3S.ClH/c1-12-4-6-13(7-5-12)18-23(21,22)10-15(20)19-9-8-14(17)16(2,3)11-19;/h12-14,18H,4-11,17H2,1-3H3;1H. The van der Waals surface area contributed by atoms with Gasteiger partial charge in [0.05, 0.1) is 0 Å². The summed E-state index contributed by atoms with van der Waals surface area (Å²) in [6, 6.07) is 0.0285. The Morgan fingerprint density at radius 3 is 2.33 bits per heavy atom. The first-order valence-corrected chi connectivity index (χ1v) is 10.3. The molecule has 2 rings (SSSR count). The number of nitrogens with two attached hydrogens (primary N) is 1. The maximum absolute atomic E-state index is 12.4. The predicted molar refractivity (Wildman–Crippen MR) is 98.5 cm³/mol. The monoisotopic (exact) mass is 381 g/mol. The highest BCUT2D eigenvalue weighted by atomic mass is 35.5. The van der Waals surface area contributed by atoms with Crippen molar-refractivity contribution in [2.45, 2.75) is 65.0 Å². The van der Waals surface area contributed by atoms with Gasteiger partial charge >= 0.3 is 0 Å². The molecule has 0 radical (unpaired) electrons. The average Bonchev–Trinajstić information content (AvgIpc) is 2.43. The van der Waals surface area contributed by atoms with E-state index in [-0.39, 0.29) is 35.8 Å². The molecular formula is C16H32ClN3O3S. The Kier molecular flexibility index (Phi) is 7.53. The van der Waals surface area contributed by atoms with Crippen LogP contribution in [-0.4, -0.2) is 50.2 Å². The molecule has 0 bridgehead atoms. The van der Waals surface area contributed by atoms with Gasteiger partial charge in [-0.2, -0.15) is 0 Å². The molecule has 3 N–H and O–H groups in total. The van der Waals surface area contributed by atoms with Gasteiger partial charge in [0.2, 0.25) is 15.9 Å². The van der Waals surface area contributed by atoms with E-state index < -0.39 is 15.8 Å². The molecule has 1 aliphatic carbocycles. The number of nitrogens with one attached hydrogen (secondary N) is 1. The molecule has 0 aromatic carbocycles. The summed E-state index contributed by atoms with van der Waals surface area (Å²) in [5.74, 6) is -0.108. The van der Waals surface area contributed by atoms with Crippen molar-refractivity contribution in [2.24, 2.45) is 17.1 Å². The highest BCUT2D eigenvalue weighted by molar-refractivity contribution is 7.90. The van der Waals surface area contributed by atoms with Crippen LogP contribution in [0.3, 0.4) is 0 Å². The third kappa shape index (κ3) is 5.86. The summed E-state index contributed by atoms with van der Waals surface area (Å²) in [7, 11) is -3.57. The number of hydrogen-bond donors (Lipinski definition) is 2. The molecule has 1 atom stereocenters. The molecule has 1 unspecified atom stereocenters. The molecule has 1 heterocycles. The molecule has 0 aromatic rings. The highest BCUT2D eigenvalue weighted by Crippen LogP contribution is 2.28. The molecule has 0 aromatic heterocycles. The van der Waals surface area contributed by atoms with Crippen LogP contribution in [0.4, 0.5) is 0 Å². The number of sulfonamides is 1. The maximum Gasteiger partial charge on any atom is 0.239 e. The van der Waals surface area contributed by atoms with Crippen molar-refractivity contribution >= 4 is 28.3 Å². The Morgan fingerprint density at radius 1 is 1.21 bits per heavy atom. The third-order valence-corrected chi connectivity index (χ3v) is 6.66. The van der Waals surface area contributed by atoms with Crippen LogP contribution in [0, 0.1) is 11.3 Å². The van der Waals surface area contributed by atoms with E-state index in [1.165, 1.54) is 0 Å². The number of carbonyl (C=O) groups excluding carboxylic acids is 1. The third-order valence-electron chi connectivity index (χ3n) is 5.34. The Bertz CT molecular complexity index is 531. The van der Waals surface area contributed by atoms with Gasteiger partial charge in [-0.1, -0.05) is 20.8 Å². The second kappa shape index (κ2) is 8.34. The van der Waals surface area contributed by atoms with Crippen molar-refractivity contribution in [1.82, 2.24) is 9.62 Å². The summed E-state index contributed by atoms with van der Waals surface area (Å²) in [5.41, 5.74) is 5.89.